The van der Waals surface area contributed by atoms with E-state index in [1.165, 1.54) is 5.57 Å². The topological polar surface area (TPSA) is 27.7 Å². The van der Waals surface area contributed by atoms with Crippen LogP contribution in [0.2, 0.25) is 0 Å². The molecule has 0 atom stereocenters. The van der Waals surface area contributed by atoms with Gasteiger partial charge in [0.1, 0.15) is 0 Å². The second-order valence-electron chi connectivity index (χ2n) is 3.10. The summed E-state index contributed by atoms with van der Waals surface area (Å²) in [6, 6.07) is 0. The lowest BCUT2D eigenvalue weighted by Crippen LogP contribution is -2.08. The molecule has 0 saturated heterocycles. The molecule has 0 aromatic heterocycles. The van der Waals surface area contributed by atoms with Crippen LogP contribution in [0.4, 0.5) is 0 Å². The summed E-state index contributed by atoms with van der Waals surface area (Å²) in [5.41, 5.74) is 2.34. The van der Waals surface area contributed by atoms with Crippen molar-refractivity contribution in [1.29, 1.82) is 0 Å². The van der Waals surface area contributed by atoms with Crippen molar-refractivity contribution < 1.29 is 14.2 Å². The van der Waals surface area contributed by atoms with E-state index in [1.54, 1.807) is 7.11 Å². The highest BCUT2D eigenvalue weighted by molar-refractivity contribution is 5.27. The third kappa shape index (κ3) is 3.20. The van der Waals surface area contributed by atoms with Crippen LogP contribution in [0.5, 0.6) is 0 Å². The first-order valence-corrected chi connectivity index (χ1v) is 4.30. The molecule has 1 heterocycles. The molecule has 13 heavy (non-hydrogen) atoms. The van der Waals surface area contributed by atoms with Gasteiger partial charge in [0.15, 0.2) is 6.79 Å². The lowest BCUT2D eigenvalue weighted by atomic mass is 10.1. The van der Waals surface area contributed by atoms with Crippen molar-refractivity contribution in [2.75, 3.05) is 27.1 Å². The fourth-order valence-corrected chi connectivity index (χ4v) is 1.15. The fourth-order valence-electron chi connectivity index (χ4n) is 1.15. The van der Waals surface area contributed by atoms with Gasteiger partial charge in [-0.05, 0) is 31.1 Å². The molecule has 1 aliphatic heterocycles. The van der Waals surface area contributed by atoms with Crippen LogP contribution in [0.3, 0.4) is 0 Å². The third-order valence-corrected chi connectivity index (χ3v) is 1.91. The van der Waals surface area contributed by atoms with Crippen molar-refractivity contribution >= 4 is 0 Å². The van der Waals surface area contributed by atoms with Crippen LogP contribution in [-0.2, 0) is 14.2 Å². The normalized spacial score (nSPS) is 18.8. The van der Waals surface area contributed by atoms with Gasteiger partial charge in [-0.25, -0.2) is 0 Å². The smallest absolute Gasteiger partial charge is 0.188 e. The highest BCUT2D eigenvalue weighted by Gasteiger charge is 2.05. The molecule has 0 unspecified atom stereocenters. The van der Waals surface area contributed by atoms with Crippen molar-refractivity contribution in [2.24, 2.45) is 0 Å². The summed E-state index contributed by atoms with van der Waals surface area (Å²) < 4.78 is 15.6. The van der Waals surface area contributed by atoms with Crippen LogP contribution < -0.4 is 0 Å². The molecule has 0 fully saturated rings. The Bertz CT molecular complexity index is 228. The van der Waals surface area contributed by atoms with Crippen LogP contribution in [0, 0.1) is 0 Å². The Morgan fingerprint density at radius 2 is 2.23 bits per heavy atom. The van der Waals surface area contributed by atoms with Crippen molar-refractivity contribution in [3.8, 4) is 0 Å². The summed E-state index contributed by atoms with van der Waals surface area (Å²) in [6.45, 7) is 5.51. The molecule has 0 aromatic rings. The van der Waals surface area contributed by atoms with E-state index in [1.807, 2.05) is 19.9 Å². The van der Waals surface area contributed by atoms with Gasteiger partial charge in [-0.1, -0.05) is 0 Å². The van der Waals surface area contributed by atoms with E-state index < -0.39 is 0 Å². The molecule has 0 aromatic carbocycles. The van der Waals surface area contributed by atoms with Crippen molar-refractivity contribution in [3.63, 3.8) is 0 Å². The van der Waals surface area contributed by atoms with E-state index in [0.29, 0.717) is 20.0 Å². The maximum absolute atomic E-state index is 5.26. The van der Waals surface area contributed by atoms with Gasteiger partial charge in [-0.15, -0.1) is 0 Å². The molecule has 0 aliphatic carbocycles. The van der Waals surface area contributed by atoms with E-state index in [4.69, 9.17) is 14.2 Å². The van der Waals surface area contributed by atoms with E-state index in [2.05, 4.69) is 0 Å². The third-order valence-electron chi connectivity index (χ3n) is 1.91. The number of ether oxygens (including phenoxy) is 3. The van der Waals surface area contributed by atoms with Crippen LogP contribution in [0.15, 0.2) is 23.0 Å². The first-order chi connectivity index (χ1) is 6.24. The quantitative estimate of drug-likeness (QED) is 0.655. The van der Waals surface area contributed by atoms with Gasteiger partial charge in [0.05, 0.1) is 19.0 Å². The average Bonchev–Trinajstić information content (AvgIpc) is 2.09. The van der Waals surface area contributed by atoms with Gasteiger partial charge >= 0.3 is 0 Å². The van der Waals surface area contributed by atoms with E-state index in [0.717, 1.165) is 11.3 Å². The van der Waals surface area contributed by atoms with Crippen LogP contribution in [0.1, 0.15) is 13.8 Å². The molecule has 0 spiro atoms. The van der Waals surface area contributed by atoms with Crippen molar-refractivity contribution in [2.45, 2.75) is 13.8 Å². The minimum absolute atomic E-state index is 0.333. The van der Waals surface area contributed by atoms with Gasteiger partial charge in [0.2, 0.25) is 0 Å². The van der Waals surface area contributed by atoms with Crippen molar-refractivity contribution in [3.05, 3.63) is 23.0 Å². The summed E-state index contributed by atoms with van der Waals surface area (Å²) in [5.74, 6) is 0.867. The summed E-state index contributed by atoms with van der Waals surface area (Å²) in [7, 11) is 1.68. The van der Waals surface area contributed by atoms with Gasteiger partial charge in [0, 0.05) is 7.11 Å². The van der Waals surface area contributed by atoms with E-state index >= 15 is 0 Å². The molecular weight excluding hydrogens is 168 g/mol. The minimum atomic E-state index is 0.333. The largest absolute Gasteiger partial charge is 0.472 e. The van der Waals surface area contributed by atoms with Crippen molar-refractivity contribution in [1.82, 2.24) is 0 Å². The fraction of sp³-hybridized carbons (Fsp3) is 0.600. The van der Waals surface area contributed by atoms with Gasteiger partial charge in [0.25, 0.3) is 0 Å². The number of rotatable bonds is 2. The molecule has 0 radical (unpaired) electrons. The Hall–Kier alpha value is -0.800. The average molecular weight is 184 g/mol. The molecule has 74 valence electrons. The van der Waals surface area contributed by atoms with Gasteiger partial charge in [-0.3, -0.25) is 0 Å². The lowest BCUT2D eigenvalue weighted by Gasteiger charge is -2.15. The molecule has 0 saturated carbocycles. The predicted molar refractivity (Wildman–Crippen MR) is 50.2 cm³/mol. The Morgan fingerprint density at radius 1 is 1.46 bits per heavy atom. The highest BCUT2D eigenvalue weighted by atomic mass is 16.7. The second-order valence-corrected chi connectivity index (χ2v) is 3.10. The number of hydrogen-bond donors (Lipinski definition) is 0. The molecule has 0 bridgehead atoms. The standard InChI is InChI=1S/C10H16O3/c1-8-5-12-7-13-9(2)4-10(8)6-11-3/h4H,5-7H2,1-3H3. The first kappa shape index (κ1) is 10.3. The van der Waals surface area contributed by atoms with Crippen LogP contribution >= 0.6 is 0 Å². The first-order valence-electron chi connectivity index (χ1n) is 4.30. The minimum Gasteiger partial charge on any atom is -0.472 e. The maximum atomic E-state index is 5.26. The Balaban J connectivity index is 2.79. The Kier molecular flexibility index (Phi) is 3.99. The predicted octanol–water partition coefficient (Wildman–Crippen LogP) is 1.86. The molecule has 0 N–H and O–H groups in total. The van der Waals surface area contributed by atoms with Gasteiger partial charge in [-0.2, -0.15) is 0 Å². The monoisotopic (exact) mass is 184 g/mol. The van der Waals surface area contributed by atoms with Gasteiger partial charge < -0.3 is 14.2 Å². The maximum Gasteiger partial charge on any atom is 0.188 e. The summed E-state index contributed by atoms with van der Waals surface area (Å²) in [4.78, 5) is 0. The molecule has 0 amide bonds. The molecular formula is C10H16O3. The number of allylic oxidation sites excluding steroid dienone is 1. The molecule has 3 heteroatoms. The van der Waals surface area contributed by atoms with E-state index in [-0.39, 0.29) is 0 Å². The molecule has 3 nitrogen and oxygen atoms in total. The number of methoxy groups -OCH3 is 1. The Labute approximate surface area is 79.0 Å². The SMILES string of the molecule is COCC1=C(C)COCOC(C)=C1. The van der Waals surface area contributed by atoms with Crippen LogP contribution in [-0.4, -0.2) is 27.1 Å². The summed E-state index contributed by atoms with van der Waals surface area (Å²) in [6.07, 6.45) is 2.00. The van der Waals surface area contributed by atoms with Crippen LogP contribution in [0.25, 0.3) is 0 Å². The zero-order valence-corrected chi connectivity index (χ0v) is 8.42. The summed E-state index contributed by atoms with van der Waals surface area (Å²) in [5, 5.41) is 0. The zero-order valence-electron chi connectivity index (χ0n) is 8.42. The highest BCUT2D eigenvalue weighted by Crippen LogP contribution is 2.13. The summed E-state index contributed by atoms with van der Waals surface area (Å²) >= 11 is 0. The number of hydrogen-bond acceptors (Lipinski definition) is 3. The lowest BCUT2D eigenvalue weighted by molar-refractivity contribution is -0.0151. The molecule has 1 aliphatic rings. The molecule has 1 rings (SSSR count). The Morgan fingerprint density at radius 3 is 2.92 bits per heavy atom. The van der Waals surface area contributed by atoms with E-state index in [9.17, 15) is 0 Å². The second kappa shape index (κ2) is 5.04. The zero-order chi connectivity index (χ0) is 9.68.